The van der Waals surface area contributed by atoms with Crippen LogP contribution in [0.4, 0.5) is 0 Å². The lowest BCUT2D eigenvalue weighted by Crippen LogP contribution is -2.30. The number of carbonyl (C=O) groups excluding carboxylic acids is 1. The molecule has 0 unspecified atom stereocenters. The van der Waals surface area contributed by atoms with E-state index in [4.69, 9.17) is 11.6 Å². The molecule has 114 valence electrons. The number of nitrogens with zero attached hydrogens (tertiary/aromatic N) is 3. The van der Waals surface area contributed by atoms with Crippen LogP contribution >= 0.6 is 11.6 Å². The van der Waals surface area contributed by atoms with Crippen LogP contribution in [0.5, 0.6) is 0 Å². The Morgan fingerprint density at radius 2 is 2.00 bits per heavy atom. The fourth-order valence-electron chi connectivity index (χ4n) is 1.76. The molecule has 2 rings (SSSR count). The van der Waals surface area contributed by atoms with Gasteiger partial charge in [0.05, 0.1) is 17.7 Å². The first-order valence-corrected chi connectivity index (χ1v) is 8.19. The Morgan fingerprint density at radius 1 is 1.38 bits per heavy atom. The van der Waals surface area contributed by atoms with Gasteiger partial charge in [-0.05, 0) is 19.9 Å². The second-order valence-corrected chi connectivity index (χ2v) is 8.04. The van der Waals surface area contributed by atoms with E-state index in [1.54, 1.807) is 0 Å². The largest absolute Gasteiger partial charge is 0.465 e. The van der Waals surface area contributed by atoms with Crippen molar-refractivity contribution in [1.29, 1.82) is 0 Å². The zero-order chi connectivity index (χ0) is 16.0. The van der Waals surface area contributed by atoms with Crippen molar-refractivity contribution >= 4 is 33.1 Å². The smallest absolute Gasteiger partial charge is 0.339 e. The van der Waals surface area contributed by atoms with Crippen LogP contribution in [0.1, 0.15) is 30.0 Å². The van der Waals surface area contributed by atoms with Crippen molar-refractivity contribution < 1.29 is 17.9 Å². The number of halogens is 1. The summed E-state index contributed by atoms with van der Waals surface area (Å²) in [5.74, 6) is -0.414. The molecular formula is C12H14ClN3O4S. The Labute approximate surface area is 126 Å². The number of hydrogen-bond donors (Lipinski definition) is 0. The fourth-order valence-corrected chi connectivity index (χ4v) is 2.48. The predicted molar refractivity (Wildman–Crippen MR) is 77.2 cm³/mol. The van der Waals surface area contributed by atoms with Crippen molar-refractivity contribution in [2.75, 3.05) is 13.4 Å². The fraction of sp³-hybridized carbons (Fsp3) is 0.417. The molecule has 0 spiro atoms. The van der Waals surface area contributed by atoms with E-state index < -0.39 is 20.6 Å². The van der Waals surface area contributed by atoms with E-state index in [1.807, 2.05) is 0 Å². The highest BCUT2D eigenvalue weighted by atomic mass is 35.5. The zero-order valence-corrected chi connectivity index (χ0v) is 13.5. The average molecular weight is 332 g/mol. The van der Waals surface area contributed by atoms with Gasteiger partial charge < -0.3 is 4.74 Å². The van der Waals surface area contributed by atoms with Gasteiger partial charge in [-0.3, -0.25) is 4.40 Å². The Morgan fingerprint density at radius 3 is 2.52 bits per heavy atom. The summed E-state index contributed by atoms with van der Waals surface area (Å²) in [4.78, 5) is 11.6. The summed E-state index contributed by atoms with van der Waals surface area (Å²) in [5, 5.41) is 7.99. The normalized spacial score (nSPS) is 12.6. The van der Waals surface area contributed by atoms with Crippen LogP contribution in [0, 0.1) is 0 Å². The SMILES string of the molecule is COC(=O)c1cc(Cl)c2nnc(C(C)(C)S(C)(=O)=O)n2c1. The molecule has 0 aliphatic heterocycles. The van der Waals surface area contributed by atoms with Crippen LogP contribution in [0.15, 0.2) is 12.3 Å². The molecule has 2 aromatic rings. The third-order valence-electron chi connectivity index (χ3n) is 3.35. The van der Waals surface area contributed by atoms with Crippen molar-refractivity contribution in [3.63, 3.8) is 0 Å². The van der Waals surface area contributed by atoms with Gasteiger partial charge in [0.15, 0.2) is 21.3 Å². The number of aromatic nitrogens is 3. The molecule has 2 aromatic heterocycles. The molecule has 0 atom stereocenters. The summed E-state index contributed by atoms with van der Waals surface area (Å²) < 4.78 is 28.6. The van der Waals surface area contributed by atoms with E-state index in [0.29, 0.717) is 0 Å². The lowest BCUT2D eigenvalue weighted by atomic mass is 10.2. The standard InChI is InChI=1S/C12H14ClN3O4S/c1-12(2,21(4,18)19)11-15-14-9-8(13)5-7(6-16(9)11)10(17)20-3/h5-6H,1-4H3. The van der Waals surface area contributed by atoms with Gasteiger partial charge in [0.2, 0.25) is 0 Å². The van der Waals surface area contributed by atoms with Crippen LogP contribution < -0.4 is 0 Å². The van der Waals surface area contributed by atoms with Crippen LogP contribution in [-0.4, -0.2) is 42.4 Å². The second-order valence-electron chi connectivity index (χ2n) is 5.07. The van der Waals surface area contributed by atoms with E-state index in [0.717, 1.165) is 6.26 Å². The summed E-state index contributed by atoms with van der Waals surface area (Å²) >= 11 is 6.06. The molecule has 0 aliphatic rings. The third-order valence-corrected chi connectivity index (χ3v) is 5.66. The van der Waals surface area contributed by atoms with Gasteiger partial charge in [-0.2, -0.15) is 0 Å². The van der Waals surface area contributed by atoms with Crippen molar-refractivity contribution in [2.45, 2.75) is 18.6 Å². The maximum atomic E-state index is 11.9. The second kappa shape index (κ2) is 4.96. The van der Waals surface area contributed by atoms with Crippen LogP contribution in [0.25, 0.3) is 5.65 Å². The molecular weight excluding hydrogens is 318 g/mol. The van der Waals surface area contributed by atoms with E-state index in [9.17, 15) is 13.2 Å². The number of methoxy groups -OCH3 is 1. The first-order valence-electron chi connectivity index (χ1n) is 5.92. The number of carbonyl (C=O) groups is 1. The highest BCUT2D eigenvalue weighted by Gasteiger charge is 2.37. The van der Waals surface area contributed by atoms with Gasteiger partial charge in [-0.1, -0.05) is 11.6 Å². The number of hydrogen-bond acceptors (Lipinski definition) is 6. The third kappa shape index (κ3) is 2.49. The van der Waals surface area contributed by atoms with E-state index in [-0.39, 0.29) is 22.1 Å². The minimum absolute atomic E-state index is 0.174. The molecule has 0 saturated heterocycles. The maximum Gasteiger partial charge on any atom is 0.339 e. The Hall–Kier alpha value is -1.67. The summed E-state index contributed by atoms with van der Waals surface area (Å²) in [6.45, 7) is 3.02. The number of sulfone groups is 1. The number of ether oxygens (including phenoxy) is 1. The highest BCUT2D eigenvalue weighted by molar-refractivity contribution is 7.91. The maximum absolute atomic E-state index is 11.9. The zero-order valence-electron chi connectivity index (χ0n) is 11.9. The molecule has 0 aromatic carbocycles. The van der Waals surface area contributed by atoms with E-state index >= 15 is 0 Å². The Kier molecular flexibility index (Phi) is 3.71. The molecule has 0 aliphatic carbocycles. The Bertz CT molecular complexity index is 826. The Balaban J connectivity index is 2.79. The molecule has 0 fully saturated rings. The topological polar surface area (TPSA) is 90.6 Å². The number of fused-ring (bicyclic) bond motifs is 1. The molecule has 2 heterocycles. The van der Waals surface area contributed by atoms with Crippen molar-refractivity contribution in [2.24, 2.45) is 0 Å². The molecule has 7 nitrogen and oxygen atoms in total. The molecule has 0 N–H and O–H groups in total. The molecule has 0 amide bonds. The van der Waals surface area contributed by atoms with Gasteiger partial charge in [-0.15, -0.1) is 10.2 Å². The van der Waals surface area contributed by atoms with Gasteiger partial charge in [-0.25, -0.2) is 13.2 Å². The van der Waals surface area contributed by atoms with Crippen molar-refractivity contribution in [3.8, 4) is 0 Å². The molecule has 21 heavy (non-hydrogen) atoms. The quantitative estimate of drug-likeness (QED) is 0.791. The predicted octanol–water partition coefficient (Wildman–Crippen LogP) is 1.45. The van der Waals surface area contributed by atoms with E-state index in [2.05, 4.69) is 14.9 Å². The first-order chi connectivity index (χ1) is 9.59. The number of rotatable bonds is 3. The van der Waals surface area contributed by atoms with Gasteiger partial charge in [0.25, 0.3) is 0 Å². The van der Waals surface area contributed by atoms with Crippen LogP contribution in [-0.2, 0) is 19.3 Å². The monoisotopic (exact) mass is 331 g/mol. The minimum Gasteiger partial charge on any atom is -0.465 e. The summed E-state index contributed by atoms with van der Waals surface area (Å²) in [6, 6.07) is 1.40. The van der Waals surface area contributed by atoms with Gasteiger partial charge in [0.1, 0.15) is 4.75 Å². The van der Waals surface area contributed by atoms with Crippen molar-refractivity contribution in [1.82, 2.24) is 14.6 Å². The molecule has 0 bridgehead atoms. The van der Waals surface area contributed by atoms with Crippen LogP contribution in [0.2, 0.25) is 5.02 Å². The summed E-state index contributed by atoms with van der Waals surface area (Å²) in [6.07, 6.45) is 2.52. The summed E-state index contributed by atoms with van der Waals surface area (Å²) in [7, 11) is -2.21. The van der Waals surface area contributed by atoms with Crippen LogP contribution in [0.3, 0.4) is 0 Å². The van der Waals surface area contributed by atoms with Gasteiger partial charge in [0, 0.05) is 12.5 Å². The average Bonchev–Trinajstić information content (AvgIpc) is 2.81. The number of pyridine rings is 1. The first kappa shape index (κ1) is 15.7. The summed E-state index contributed by atoms with van der Waals surface area (Å²) in [5.41, 5.74) is 0.455. The molecule has 0 saturated carbocycles. The lowest BCUT2D eigenvalue weighted by molar-refractivity contribution is 0.0600. The van der Waals surface area contributed by atoms with Crippen molar-refractivity contribution in [3.05, 3.63) is 28.7 Å². The molecule has 9 heteroatoms. The van der Waals surface area contributed by atoms with Gasteiger partial charge >= 0.3 is 5.97 Å². The lowest BCUT2D eigenvalue weighted by Gasteiger charge is -2.20. The highest BCUT2D eigenvalue weighted by Crippen LogP contribution is 2.29. The number of esters is 1. The minimum atomic E-state index is -3.45. The van der Waals surface area contributed by atoms with E-state index in [1.165, 1.54) is 37.6 Å². The molecule has 0 radical (unpaired) electrons.